The third-order valence-corrected chi connectivity index (χ3v) is 4.79. The molecule has 0 aliphatic rings. The van der Waals surface area contributed by atoms with Crippen LogP contribution < -0.4 is 5.32 Å². The van der Waals surface area contributed by atoms with Crippen LogP contribution in [0.4, 0.5) is 0 Å². The Bertz CT molecular complexity index is 550. The fourth-order valence-corrected chi connectivity index (χ4v) is 3.28. The van der Waals surface area contributed by atoms with Crippen LogP contribution in [0, 0.1) is 0 Å². The Balaban J connectivity index is 2.74. The Hall–Kier alpha value is -0.390. The molecule has 1 atom stereocenters. The normalized spacial score (nSPS) is 14.1. The summed E-state index contributed by atoms with van der Waals surface area (Å²) >= 11 is 3.50. The predicted molar refractivity (Wildman–Crippen MR) is 93.6 cm³/mol. The molecule has 1 unspecified atom stereocenters. The van der Waals surface area contributed by atoms with Crippen molar-refractivity contribution in [2.75, 3.05) is 18.6 Å². The topological polar surface area (TPSA) is 46.2 Å². The molecule has 0 aromatic heterocycles. The van der Waals surface area contributed by atoms with E-state index in [-0.39, 0.29) is 11.3 Å². The van der Waals surface area contributed by atoms with Crippen molar-refractivity contribution in [3.05, 3.63) is 34.3 Å². The van der Waals surface area contributed by atoms with Gasteiger partial charge < -0.3 is 5.32 Å². The summed E-state index contributed by atoms with van der Waals surface area (Å²) < 4.78 is 23.7. The van der Waals surface area contributed by atoms with E-state index in [9.17, 15) is 8.42 Å². The quantitative estimate of drug-likeness (QED) is 0.789. The maximum absolute atomic E-state index is 11.3. The van der Waals surface area contributed by atoms with Crippen LogP contribution in [0.1, 0.15) is 45.1 Å². The number of hydrogen-bond donors (Lipinski definition) is 1. The Morgan fingerprint density at radius 2 is 1.95 bits per heavy atom. The van der Waals surface area contributed by atoms with E-state index in [1.807, 2.05) is 12.1 Å². The Labute approximate surface area is 137 Å². The second-order valence-corrected chi connectivity index (χ2v) is 9.83. The van der Waals surface area contributed by atoms with Gasteiger partial charge in [0.05, 0.1) is 0 Å². The molecule has 5 heteroatoms. The minimum atomic E-state index is -2.88. The van der Waals surface area contributed by atoms with Gasteiger partial charge in [-0.1, -0.05) is 28.1 Å². The lowest BCUT2D eigenvalue weighted by molar-refractivity contribution is 0.398. The summed E-state index contributed by atoms with van der Waals surface area (Å²) in [6.07, 6.45) is 2.86. The van der Waals surface area contributed by atoms with Crippen LogP contribution in [0.25, 0.3) is 0 Å². The van der Waals surface area contributed by atoms with Crippen molar-refractivity contribution in [3.63, 3.8) is 0 Å². The van der Waals surface area contributed by atoms with Gasteiger partial charge in [0.15, 0.2) is 0 Å². The molecule has 1 rings (SSSR count). The fourth-order valence-electron chi connectivity index (χ4n) is 2.17. The van der Waals surface area contributed by atoms with Crippen LogP contribution >= 0.6 is 15.9 Å². The maximum atomic E-state index is 11.3. The highest BCUT2D eigenvalue weighted by atomic mass is 79.9. The molecule has 3 nitrogen and oxygen atoms in total. The summed E-state index contributed by atoms with van der Waals surface area (Å²) in [5.74, 6) is 0.580. The Morgan fingerprint density at radius 1 is 1.29 bits per heavy atom. The molecule has 1 aromatic carbocycles. The van der Waals surface area contributed by atoms with E-state index in [2.05, 4.69) is 54.2 Å². The summed E-state index contributed by atoms with van der Waals surface area (Å²) in [5.41, 5.74) is 1.30. The highest BCUT2D eigenvalue weighted by Crippen LogP contribution is 2.24. The first-order valence-corrected chi connectivity index (χ1v) is 10.1. The van der Waals surface area contributed by atoms with Gasteiger partial charge in [0.25, 0.3) is 0 Å². The monoisotopic (exact) mass is 375 g/mol. The van der Waals surface area contributed by atoms with E-state index in [1.165, 1.54) is 11.8 Å². The van der Waals surface area contributed by atoms with Crippen LogP contribution in [0.3, 0.4) is 0 Å². The Morgan fingerprint density at radius 3 is 2.48 bits per heavy atom. The molecule has 0 bridgehead atoms. The number of nitrogens with one attached hydrogen (secondary N) is 1. The summed E-state index contributed by atoms with van der Waals surface area (Å²) in [6.45, 7) is 7.27. The number of sulfone groups is 1. The van der Waals surface area contributed by atoms with E-state index in [0.717, 1.165) is 17.4 Å². The van der Waals surface area contributed by atoms with Gasteiger partial charge in [-0.05, 0) is 57.2 Å². The zero-order valence-corrected chi connectivity index (χ0v) is 15.7. The minimum absolute atomic E-state index is 0.0566. The van der Waals surface area contributed by atoms with Gasteiger partial charge in [0, 0.05) is 28.6 Å². The van der Waals surface area contributed by atoms with Crippen molar-refractivity contribution in [2.45, 2.75) is 45.1 Å². The summed E-state index contributed by atoms with van der Waals surface area (Å²) in [5, 5.41) is 3.52. The van der Waals surface area contributed by atoms with E-state index in [4.69, 9.17) is 0 Å². The lowest BCUT2D eigenvalue weighted by Crippen LogP contribution is -2.38. The van der Waals surface area contributed by atoms with Crippen molar-refractivity contribution >= 4 is 25.8 Å². The lowest BCUT2D eigenvalue weighted by Gasteiger charge is -2.26. The standard InChI is InChI=1S/C16H26BrNO2S/c1-16(2,3)18-12-14(8-6-10-21(4,19)20)13-7-5-9-15(17)11-13/h5,7,9,11,14,18H,6,8,10,12H2,1-4H3. The average Bonchev–Trinajstić information content (AvgIpc) is 2.30. The molecule has 1 N–H and O–H groups in total. The van der Waals surface area contributed by atoms with Gasteiger partial charge in [-0.15, -0.1) is 0 Å². The van der Waals surface area contributed by atoms with Crippen molar-refractivity contribution in [1.29, 1.82) is 0 Å². The molecule has 0 fully saturated rings. The van der Waals surface area contributed by atoms with Crippen LogP contribution in [-0.2, 0) is 9.84 Å². The van der Waals surface area contributed by atoms with E-state index in [1.54, 1.807) is 0 Å². The first-order valence-electron chi connectivity index (χ1n) is 7.25. The molecule has 0 saturated carbocycles. The number of benzene rings is 1. The van der Waals surface area contributed by atoms with Gasteiger partial charge >= 0.3 is 0 Å². The molecule has 21 heavy (non-hydrogen) atoms. The fraction of sp³-hybridized carbons (Fsp3) is 0.625. The number of hydrogen-bond acceptors (Lipinski definition) is 3. The molecule has 0 radical (unpaired) electrons. The largest absolute Gasteiger partial charge is 0.311 e. The minimum Gasteiger partial charge on any atom is -0.311 e. The van der Waals surface area contributed by atoms with Crippen LogP contribution in [-0.4, -0.2) is 32.5 Å². The molecule has 0 aliphatic heterocycles. The van der Waals surface area contributed by atoms with Crippen LogP contribution in [0.2, 0.25) is 0 Å². The summed E-state index contributed by atoms with van der Waals surface area (Å²) in [6, 6.07) is 8.27. The van der Waals surface area contributed by atoms with Crippen molar-refractivity contribution < 1.29 is 8.42 Å². The Kier molecular flexibility index (Phi) is 6.88. The third kappa shape index (κ3) is 8.59. The van der Waals surface area contributed by atoms with Crippen molar-refractivity contribution in [1.82, 2.24) is 5.32 Å². The second-order valence-electron chi connectivity index (χ2n) is 6.65. The van der Waals surface area contributed by atoms with E-state index in [0.29, 0.717) is 12.3 Å². The van der Waals surface area contributed by atoms with Gasteiger partial charge in [-0.25, -0.2) is 8.42 Å². The van der Waals surface area contributed by atoms with Crippen LogP contribution in [0.5, 0.6) is 0 Å². The zero-order chi connectivity index (χ0) is 16.1. The zero-order valence-electron chi connectivity index (χ0n) is 13.3. The molecular weight excluding hydrogens is 350 g/mol. The second kappa shape index (κ2) is 7.75. The van der Waals surface area contributed by atoms with Gasteiger partial charge in [0.2, 0.25) is 0 Å². The molecule has 0 amide bonds. The summed E-state index contributed by atoms with van der Waals surface area (Å²) in [4.78, 5) is 0. The highest BCUT2D eigenvalue weighted by molar-refractivity contribution is 9.10. The van der Waals surface area contributed by atoms with Crippen molar-refractivity contribution in [2.24, 2.45) is 0 Å². The molecule has 120 valence electrons. The molecule has 1 aromatic rings. The highest BCUT2D eigenvalue weighted by Gasteiger charge is 2.17. The average molecular weight is 376 g/mol. The van der Waals surface area contributed by atoms with E-state index >= 15 is 0 Å². The van der Waals surface area contributed by atoms with Gasteiger partial charge in [0.1, 0.15) is 9.84 Å². The third-order valence-electron chi connectivity index (χ3n) is 3.27. The first kappa shape index (κ1) is 18.7. The lowest BCUT2D eigenvalue weighted by atomic mass is 9.93. The predicted octanol–water partition coefficient (Wildman–Crippen LogP) is 3.75. The van der Waals surface area contributed by atoms with Gasteiger partial charge in [-0.2, -0.15) is 0 Å². The molecule has 0 saturated heterocycles. The molecule has 0 spiro atoms. The molecular formula is C16H26BrNO2S. The maximum Gasteiger partial charge on any atom is 0.147 e. The molecule has 0 heterocycles. The van der Waals surface area contributed by atoms with Gasteiger partial charge in [-0.3, -0.25) is 0 Å². The number of halogens is 1. The first-order chi connectivity index (χ1) is 9.57. The van der Waals surface area contributed by atoms with Crippen molar-refractivity contribution in [3.8, 4) is 0 Å². The summed E-state index contributed by atoms with van der Waals surface area (Å²) in [7, 11) is -2.88. The number of rotatable bonds is 7. The molecule has 0 aliphatic carbocycles. The smallest absolute Gasteiger partial charge is 0.147 e. The van der Waals surface area contributed by atoms with Crippen LogP contribution in [0.15, 0.2) is 28.7 Å². The van der Waals surface area contributed by atoms with E-state index < -0.39 is 9.84 Å². The SMILES string of the molecule is CC(C)(C)NCC(CCCS(C)(=O)=O)c1cccc(Br)c1.